The minimum atomic E-state index is -1.02. The number of anilines is 1. The summed E-state index contributed by atoms with van der Waals surface area (Å²) in [7, 11) is 2.69. The van der Waals surface area contributed by atoms with Gasteiger partial charge in [-0.25, -0.2) is 8.78 Å². The fourth-order valence-corrected chi connectivity index (χ4v) is 1.70. The standard InChI is InChI=1S/C12H14F2N2O4/c1-15(5-3-4-11(17)20-2)12-9(13)6-8(16(18)19)7-10(12)14/h6-7H,3-5H2,1-2H3. The molecule has 8 heteroatoms. The number of hydrogen-bond acceptors (Lipinski definition) is 5. The summed E-state index contributed by atoms with van der Waals surface area (Å²) in [4.78, 5) is 21.8. The maximum absolute atomic E-state index is 13.7. The van der Waals surface area contributed by atoms with Crippen LogP contribution in [0.1, 0.15) is 12.8 Å². The largest absolute Gasteiger partial charge is 0.469 e. The molecule has 0 bridgehead atoms. The lowest BCUT2D eigenvalue weighted by atomic mass is 10.2. The highest BCUT2D eigenvalue weighted by molar-refractivity contribution is 5.69. The van der Waals surface area contributed by atoms with Gasteiger partial charge in [0.25, 0.3) is 5.69 Å². The van der Waals surface area contributed by atoms with Gasteiger partial charge in [0.15, 0.2) is 11.6 Å². The van der Waals surface area contributed by atoms with E-state index in [1.54, 1.807) is 0 Å². The lowest BCUT2D eigenvalue weighted by Crippen LogP contribution is -2.22. The number of non-ortho nitro benzene ring substituents is 1. The van der Waals surface area contributed by atoms with E-state index in [9.17, 15) is 23.7 Å². The van der Waals surface area contributed by atoms with E-state index >= 15 is 0 Å². The van der Waals surface area contributed by atoms with Crippen LogP contribution in [0.4, 0.5) is 20.2 Å². The molecule has 1 aromatic carbocycles. The maximum atomic E-state index is 13.7. The Hall–Kier alpha value is -2.25. The van der Waals surface area contributed by atoms with Gasteiger partial charge >= 0.3 is 5.97 Å². The summed E-state index contributed by atoms with van der Waals surface area (Å²) in [6.45, 7) is 0.209. The molecule has 0 N–H and O–H groups in total. The molecule has 1 aromatic rings. The van der Waals surface area contributed by atoms with Crippen LogP contribution in [0.2, 0.25) is 0 Å². The van der Waals surface area contributed by atoms with Crippen LogP contribution in [0.5, 0.6) is 0 Å². The number of ether oxygens (including phenoxy) is 1. The highest BCUT2D eigenvalue weighted by Gasteiger charge is 2.19. The van der Waals surface area contributed by atoms with Gasteiger partial charge in [-0.05, 0) is 6.42 Å². The van der Waals surface area contributed by atoms with Crippen molar-refractivity contribution in [3.63, 3.8) is 0 Å². The van der Waals surface area contributed by atoms with Gasteiger partial charge in [-0.15, -0.1) is 0 Å². The molecule has 0 spiro atoms. The average molecular weight is 288 g/mol. The Labute approximate surface area is 114 Å². The van der Waals surface area contributed by atoms with Gasteiger partial charge in [-0.3, -0.25) is 14.9 Å². The van der Waals surface area contributed by atoms with E-state index in [1.165, 1.54) is 19.1 Å². The summed E-state index contributed by atoms with van der Waals surface area (Å²) in [5.74, 6) is -2.45. The van der Waals surface area contributed by atoms with Crippen LogP contribution in [0.15, 0.2) is 12.1 Å². The highest BCUT2D eigenvalue weighted by atomic mass is 19.1. The first-order chi connectivity index (χ1) is 9.36. The monoisotopic (exact) mass is 288 g/mol. The van der Waals surface area contributed by atoms with Crippen LogP contribution in [0, 0.1) is 21.7 Å². The SMILES string of the molecule is COC(=O)CCCN(C)c1c(F)cc([N+](=O)[O-])cc1F. The van der Waals surface area contributed by atoms with E-state index in [1.807, 2.05) is 0 Å². The predicted octanol–water partition coefficient (Wildman–Crippen LogP) is 2.26. The van der Waals surface area contributed by atoms with Crippen LogP contribution in [0.25, 0.3) is 0 Å². The second-order valence-electron chi connectivity index (χ2n) is 4.12. The van der Waals surface area contributed by atoms with E-state index in [0.717, 1.165) is 0 Å². The van der Waals surface area contributed by atoms with Crippen molar-refractivity contribution in [3.8, 4) is 0 Å². The molecule has 20 heavy (non-hydrogen) atoms. The number of rotatable bonds is 6. The van der Waals surface area contributed by atoms with Crippen molar-refractivity contribution in [3.05, 3.63) is 33.9 Å². The van der Waals surface area contributed by atoms with E-state index in [-0.39, 0.29) is 18.7 Å². The minimum absolute atomic E-state index is 0.122. The molecule has 6 nitrogen and oxygen atoms in total. The molecular weight excluding hydrogens is 274 g/mol. The van der Waals surface area contributed by atoms with Crippen LogP contribution in [0.3, 0.4) is 0 Å². The Kier molecular flexibility index (Phi) is 5.36. The number of hydrogen-bond donors (Lipinski definition) is 0. The molecule has 0 heterocycles. The lowest BCUT2D eigenvalue weighted by molar-refractivity contribution is -0.385. The van der Waals surface area contributed by atoms with Crippen molar-refractivity contribution in [1.29, 1.82) is 0 Å². The third-order valence-corrected chi connectivity index (χ3v) is 2.70. The molecule has 0 amide bonds. The molecule has 0 aromatic heterocycles. The van der Waals surface area contributed by atoms with Crippen LogP contribution < -0.4 is 4.90 Å². The number of carbonyl (C=O) groups excluding carboxylic acids is 1. The number of nitro groups is 1. The zero-order valence-electron chi connectivity index (χ0n) is 11.1. The van der Waals surface area contributed by atoms with Crippen molar-refractivity contribution < 1.29 is 23.2 Å². The predicted molar refractivity (Wildman–Crippen MR) is 67.5 cm³/mol. The summed E-state index contributed by atoms with van der Waals surface area (Å²) >= 11 is 0. The second-order valence-corrected chi connectivity index (χ2v) is 4.12. The van der Waals surface area contributed by atoms with Gasteiger partial charge in [0, 0.05) is 20.0 Å². The summed E-state index contributed by atoms with van der Waals surface area (Å²) in [6, 6.07) is 1.32. The van der Waals surface area contributed by atoms with Crippen molar-refractivity contribution in [2.24, 2.45) is 0 Å². The number of methoxy groups -OCH3 is 1. The lowest BCUT2D eigenvalue weighted by Gasteiger charge is -2.20. The van der Waals surface area contributed by atoms with E-state index < -0.39 is 28.2 Å². The quantitative estimate of drug-likeness (QED) is 0.456. The van der Waals surface area contributed by atoms with Gasteiger partial charge in [-0.1, -0.05) is 0 Å². The Morgan fingerprint density at radius 3 is 2.40 bits per heavy atom. The molecule has 1 rings (SSSR count). The Bertz CT molecular complexity index is 499. The average Bonchev–Trinajstić information content (AvgIpc) is 2.37. The molecule has 110 valence electrons. The molecule has 0 aliphatic heterocycles. The maximum Gasteiger partial charge on any atom is 0.305 e. The molecule has 0 saturated heterocycles. The Balaban J connectivity index is 2.80. The molecule has 0 aliphatic carbocycles. The van der Waals surface area contributed by atoms with Gasteiger partial charge in [-0.2, -0.15) is 0 Å². The Morgan fingerprint density at radius 2 is 1.95 bits per heavy atom. The first-order valence-corrected chi connectivity index (χ1v) is 5.78. The van der Waals surface area contributed by atoms with E-state index in [0.29, 0.717) is 18.6 Å². The van der Waals surface area contributed by atoms with Crippen LogP contribution >= 0.6 is 0 Å². The fourth-order valence-electron chi connectivity index (χ4n) is 1.70. The van der Waals surface area contributed by atoms with Crippen LogP contribution in [-0.2, 0) is 9.53 Å². The number of benzene rings is 1. The van der Waals surface area contributed by atoms with Crippen molar-refractivity contribution in [2.75, 3.05) is 25.6 Å². The molecule has 0 radical (unpaired) electrons. The first-order valence-electron chi connectivity index (χ1n) is 5.78. The molecular formula is C12H14F2N2O4. The summed E-state index contributed by atoms with van der Waals surface area (Å²) in [5.41, 5.74) is -1.01. The van der Waals surface area contributed by atoms with Crippen LogP contribution in [-0.4, -0.2) is 31.6 Å². The fraction of sp³-hybridized carbons (Fsp3) is 0.417. The van der Waals surface area contributed by atoms with Gasteiger partial charge in [0.2, 0.25) is 0 Å². The molecule has 0 aliphatic rings. The van der Waals surface area contributed by atoms with Crippen molar-refractivity contribution >= 4 is 17.3 Å². The van der Waals surface area contributed by atoms with Gasteiger partial charge < -0.3 is 9.64 Å². The topological polar surface area (TPSA) is 72.7 Å². The van der Waals surface area contributed by atoms with Crippen molar-refractivity contribution in [1.82, 2.24) is 0 Å². The third-order valence-electron chi connectivity index (χ3n) is 2.70. The zero-order valence-corrected chi connectivity index (χ0v) is 11.1. The molecule has 0 saturated carbocycles. The number of nitrogens with zero attached hydrogens (tertiary/aromatic N) is 2. The number of esters is 1. The molecule has 0 atom stereocenters. The minimum Gasteiger partial charge on any atom is -0.469 e. The smallest absolute Gasteiger partial charge is 0.305 e. The highest BCUT2D eigenvalue weighted by Crippen LogP contribution is 2.27. The Morgan fingerprint density at radius 1 is 1.40 bits per heavy atom. The van der Waals surface area contributed by atoms with Gasteiger partial charge in [0.1, 0.15) is 5.69 Å². The summed E-state index contributed by atoms with van der Waals surface area (Å²) in [5, 5.41) is 10.5. The number of nitro benzene ring substituents is 1. The third kappa shape index (κ3) is 3.87. The molecule has 0 unspecified atom stereocenters. The van der Waals surface area contributed by atoms with E-state index in [4.69, 9.17) is 0 Å². The first kappa shape index (κ1) is 15.8. The molecule has 0 fully saturated rings. The number of carbonyl (C=O) groups is 1. The second kappa shape index (κ2) is 6.78. The van der Waals surface area contributed by atoms with Crippen molar-refractivity contribution in [2.45, 2.75) is 12.8 Å². The normalized spacial score (nSPS) is 10.2. The zero-order chi connectivity index (χ0) is 15.3. The van der Waals surface area contributed by atoms with Gasteiger partial charge in [0.05, 0.1) is 24.2 Å². The van der Waals surface area contributed by atoms with E-state index in [2.05, 4.69) is 4.74 Å². The number of halogens is 2. The summed E-state index contributed by atoms with van der Waals surface area (Å²) in [6.07, 6.45) is 0.468. The summed E-state index contributed by atoms with van der Waals surface area (Å²) < 4.78 is 31.8.